The number of esters is 1. The van der Waals surface area contributed by atoms with Crippen molar-refractivity contribution in [2.24, 2.45) is 5.92 Å². The molecule has 3 nitrogen and oxygen atoms in total. The molecular formula is C16H23NO2. The average Bonchev–Trinajstić information content (AvgIpc) is 2.91. The summed E-state index contributed by atoms with van der Waals surface area (Å²) in [6.45, 7) is 4.36. The van der Waals surface area contributed by atoms with Crippen LogP contribution in [0.15, 0.2) is 24.3 Å². The van der Waals surface area contributed by atoms with Crippen molar-refractivity contribution in [2.75, 3.05) is 11.9 Å². The van der Waals surface area contributed by atoms with Crippen LogP contribution in [0.5, 0.6) is 0 Å². The summed E-state index contributed by atoms with van der Waals surface area (Å²) >= 11 is 0. The molecule has 0 spiro atoms. The van der Waals surface area contributed by atoms with Crippen LogP contribution in [0.2, 0.25) is 0 Å². The van der Waals surface area contributed by atoms with Gasteiger partial charge in [-0.1, -0.05) is 31.0 Å². The summed E-state index contributed by atoms with van der Waals surface area (Å²) in [5, 5.41) is 3.40. The predicted molar refractivity (Wildman–Crippen MR) is 77.2 cm³/mol. The van der Waals surface area contributed by atoms with Gasteiger partial charge < -0.3 is 10.1 Å². The molecule has 1 unspecified atom stereocenters. The van der Waals surface area contributed by atoms with Gasteiger partial charge in [0, 0.05) is 5.69 Å². The van der Waals surface area contributed by atoms with Crippen LogP contribution in [0.25, 0.3) is 0 Å². The molecule has 0 saturated heterocycles. The smallest absolute Gasteiger partial charge is 0.328 e. The maximum atomic E-state index is 12.2. The largest absolute Gasteiger partial charge is 0.464 e. The Morgan fingerprint density at radius 2 is 2.05 bits per heavy atom. The second-order valence-electron chi connectivity index (χ2n) is 5.23. The first-order chi connectivity index (χ1) is 9.22. The van der Waals surface area contributed by atoms with E-state index in [0.717, 1.165) is 24.1 Å². The van der Waals surface area contributed by atoms with Crippen LogP contribution in [0.3, 0.4) is 0 Å². The van der Waals surface area contributed by atoms with Crippen LogP contribution in [0.4, 0.5) is 5.69 Å². The van der Waals surface area contributed by atoms with Crippen molar-refractivity contribution >= 4 is 11.7 Å². The van der Waals surface area contributed by atoms with E-state index < -0.39 is 0 Å². The topological polar surface area (TPSA) is 38.3 Å². The lowest BCUT2D eigenvalue weighted by Gasteiger charge is -2.24. The highest BCUT2D eigenvalue weighted by Gasteiger charge is 2.31. The summed E-state index contributed by atoms with van der Waals surface area (Å²) in [5.41, 5.74) is 2.20. The van der Waals surface area contributed by atoms with Crippen LogP contribution in [0, 0.1) is 12.8 Å². The van der Waals surface area contributed by atoms with Gasteiger partial charge in [-0.15, -0.1) is 0 Å². The number of para-hydroxylation sites is 1. The molecule has 0 radical (unpaired) electrons. The Hall–Kier alpha value is -1.51. The molecule has 1 atom stereocenters. The second kappa shape index (κ2) is 6.60. The van der Waals surface area contributed by atoms with Crippen molar-refractivity contribution in [2.45, 2.75) is 45.6 Å². The molecule has 1 fully saturated rings. The molecule has 1 aromatic carbocycles. The van der Waals surface area contributed by atoms with E-state index in [1.807, 2.05) is 25.1 Å². The summed E-state index contributed by atoms with van der Waals surface area (Å²) in [6.07, 6.45) is 4.66. The summed E-state index contributed by atoms with van der Waals surface area (Å²) in [5.74, 6) is 0.288. The number of benzene rings is 1. The number of hydrogen-bond donors (Lipinski definition) is 1. The van der Waals surface area contributed by atoms with Crippen LogP contribution < -0.4 is 5.32 Å². The molecule has 1 aliphatic carbocycles. The molecule has 1 saturated carbocycles. The maximum Gasteiger partial charge on any atom is 0.328 e. The minimum Gasteiger partial charge on any atom is -0.464 e. The summed E-state index contributed by atoms with van der Waals surface area (Å²) in [7, 11) is 0. The molecular weight excluding hydrogens is 238 g/mol. The summed E-state index contributed by atoms with van der Waals surface area (Å²) in [6, 6.07) is 7.88. The van der Waals surface area contributed by atoms with E-state index >= 15 is 0 Å². The standard InChI is InChI=1S/C16H23NO2/c1-3-19-16(18)15(13-9-5-6-10-13)17-14-11-7-4-8-12(14)2/h4,7-8,11,13,15,17H,3,5-6,9-10H2,1-2H3. The van der Waals surface area contributed by atoms with Crippen LogP contribution in [-0.4, -0.2) is 18.6 Å². The number of anilines is 1. The molecule has 0 heterocycles. The fraction of sp³-hybridized carbons (Fsp3) is 0.562. The monoisotopic (exact) mass is 261 g/mol. The van der Waals surface area contributed by atoms with Crippen molar-refractivity contribution in [3.05, 3.63) is 29.8 Å². The number of hydrogen-bond acceptors (Lipinski definition) is 3. The van der Waals surface area contributed by atoms with Crippen molar-refractivity contribution in [1.82, 2.24) is 0 Å². The Bertz CT molecular complexity index is 425. The molecule has 0 amide bonds. The predicted octanol–water partition coefficient (Wildman–Crippen LogP) is 3.53. The van der Waals surface area contributed by atoms with Gasteiger partial charge in [-0.25, -0.2) is 4.79 Å². The highest BCUT2D eigenvalue weighted by atomic mass is 16.5. The number of nitrogens with one attached hydrogen (secondary N) is 1. The lowest BCUT2D eigenvalue weighted by Crippen LogP contribution is -2.37. The third-order valence-electron chi connectivity index (χ3n) is 3.87. The maximum absolute atomic E-state index is 12.2. The van der Waals surface area contributed by atoms with Crippen molar-refractivity contribution in [3.8, 4) is 0 Å². The molecule has 0 bridgehead atoms. The highest BCUT2D eigenvalue weighted by molar-refractivity contribution is 5.80. The van der Waals surface area contributed by atoms with Crippen LogP contribution in [-0.2, 0) is 9.53 Å². The summed E-state index contributed by atoms with van der Waals surface area (Å²) < 4.78 is 5.23. The SMILES string of the molecule is CCOC(=O)C(Nc1ccccc1C)C1CCCC1. The van der Waals surface area contributed by atoms with E-state index in [2.05, 4.69) is 18.3 Å². The minimum absolute atomic E-state index is 0.113. The average molecular weight is 261 g/mol. The molecule has 2 rings (SSSR count). The Balaban J connectivity index is 2.13. The Morgan fingerprint density at radius 3 is 2.68 bits per heavy atom. The zero-order valence-corrected chi connectivity index (χ0v) is 11.8. The van der Waals surface area contributed by atoms with Gasteiger partial charge in [0.15, 0.2) is 0 Å². The summed E-state index contributed by atoms with van der Waals surface area (Å²) in [4.78, 5) is 12.2. The van der Waals surface area contributed by atoms with E-state index in [9.17, 15) is 4.79 Å². The van der Waals surface area contributed by atoms with Gasteiger partial charge in [-0.05, 0) is 44.2 Å². The first-order valence-electron chi connectivity index (χ1n) is 7.21. The molecule has 1 N–H and O–H groups in total. The molecule has 104 valence electrons. The quantitative estimate of drug-likeness (QED) is 0.824. The third-order valence-corrected chi connectivity index (χ3v) is 3.87. The van der Waals surface area contributed by atoms with Crippen LogP contribution in [0.1, 0.15) is 38.2 Å². The molecule has 0 aromatic heterocycles. The van der Waals surface area contributed by atoms with E-state index in [1.165, 1.54) is 12.8 Å². The van der Waals surface area contributed by atoms with Gasteiger partial charge in [0.05, 0.1) is 6.61 Å². The highest BCUT2D eigenvalue weighted by Crippen LogP contribution is 2.30. The number of carbonyl (C=O) groups is 1. The fourth-order valence-electron chi connectivity index (χ4n) is 2.79. The Labute approximate surface area is 115 Å². The molecule has 3 heteroatoms. The number of ether oxygens (including phenoxy) is 1. The molecule has 1 aromatic rings. The number of carbonyl (C=O) groups excluding carboxylic acids is 1. The Kier molecular flexibility index (Phi) is 4.83. The van der Waals surface area contributed by atoms with Crippen molar-refractivity contribution < 1.29 is 9.53 Å². The number of rotatable bonds is 5. The third kappa shape index (κ3) is 3.49. The fourth-order valence-corrected chi connectivity index (χ4v) is 2.79. The van der Waals surface area contributed by atoms with Crippen molar-refractivity contribution in [3.63, 3.8) is 0 Å². The lowest BCUT2D eigenvalue weighted by molar-refractivity contribution is -0.145. The van der Waals surface area contributed by atoms with E-state index in [-0.39, 0.29) is 12.0 Å². The molecule has 19 heavy (non-hydrogen) atoms. The van der Waals surface area contributed by atoms with Gasteiger partial charge in [0.2, 0.25) is 0 Å². The zero-order valence-electron chi connectivity index (χ0n) is 11.8. The van der Waals surface area contributed by atoms with Gasteiger partial charge in [0.1, 0.15) is 6.04 Å². The van der Waals surface area contributed by atoms with Gasteiger partial charge >= 0.3 is 5.97 Å². The minimum atomic E-state index is -0.205. The lowest BCUT2D eigenvalue weighted by atomic mass is 9.97. The second-order valence-corrected chi connectivity index (χ2v) is 5.23. The van der Waals surface area contributed by atoms with Gasteiger partial charge in [-0.3, -0.25) is 0 Å². The van der Waals surface area contributed by atoms with Crippen molar-refractivity contribution in [1.29, 1.82) is 0 Å². The van der Waals surface area contributed by atoms with Gasteiger partial charge in [0.25, 0.3) is 0 Å². The normalized spacial score (nSPS) is 17.2. The van der Waals surface area contributed by atoms with Gasteiger partial charge in [-0.2, -0.15) is 0 Å². The van der Waals surface area contributed by atoms with E-state index in [0.29, 0.717) is 12.5 Å². The molecule has 0 aliphatic heterocycles. The van der Waals surface area contributed by atoms with Crippen LogP contribution >= 0.6 is 0 Å². The zero-order chi connectivity index (χ0) is 13.7. The molecule has 1 aliphatic rings. The number of aryl methyl sites for hydroxylation is 1. The Morgan fingerprint density at radius 1 is 1.37 bits per heavy atom. The van der Waals surface area contributed by atoms with E-state index in [1.54, 1.807) is 0 Å². The first kappa shape index (κ1) is 13.9. The van der Waals surface area contributed by atoms with E-state index in [4.69, 9.17) is 4.74 Å². The first-order valence-corrected chi connectivity index (χ1v) is 7.21.